The van der Waals surface area contributed by atoms with Crippen LogP contribution >= 0.6 is 0 Å². The molecule has 2 aromatic rings. The molecular formula is C17H20N2O4. The third-order valence-corrected chi connectivity index (χ3v) is 3.43. The Morgan fingerprint density at radius 1 is 1.09 bits per heavy atom. The van der Waals surface area contributed by atoms with Crippen molar-refractivity contribution in [2.24, 2.45) is 7.05 Å². The van der Waals surface area contributed by atoms with E-state index in [2.05, 4.69) is 5.10 Å². The number of allylic oxidation sites excluding steroid dienone is 1. The number of aryl methyl sites for hydroxylation is 2. The van der Waals surface area contributed by atoms with E-state index in [9.17, 15) is 4.79 Å². The lowest BCUT2D eigenvalue weighted by molar-refractivity contribution is 0.104. The van der Waals surface area contributed by atoms with Gasteiger partial charge < -0.3 is 14.2 Å². The van der Waals surface area contributed by atoms with E-state index < -0.39 is 0 Å². The number of hydrogen-bond donors (Lipinski definition) is 0. The van der Waals surface area contributed by atoms with E-state index in [1.807, 2.05) is 0 Å². The minimum absolute atomic E-state index is 0.118. The van der Waals surface area contributed by atoms with Crippen molar-refractivity contribution in [2.45, 2.75) is 6.92 Å². The summed E-state index contributed by atoms with van der Waals surface area (Å²) in [6.45, 7) is 1.80. The first-order valence-corrected chi connectivity index (χ1v) is 7.02. The Morgan fingerprint density at radius 2 is 1.70 bits per heavy atom. The Hall–Kier alpha value is -2.76. The van der Waals surface area contributed by atoms with Gasteiger partial charge in [0, 0.05) is 24.9 Å². The zero-order valence-electron chi connectivity index (χ0n) is 13.9. The van der Waals surface area contributed by atoms with Crippen LogP contribution in [-0.4, -0.2) is 36.9 Å². The largest absolute Gasteiger partial charge is 0.496 e. The van der Waals surface area contributed by atoms with Crippen molar-refractivity contribution in [3.05, 3.63) is 41.2 Å². The van der Waals surface area contributed by atoms with Gasteiger partial charge in [-0.15, -0.1) is 0 Å². The third-order valence-electron chi connectivity index (χ3n) is 3.43. The van der Waals surface area contributed by atoms with Crippen molar-refractivity contribution in [1.29, 1.82) is 0 Å². The summed E-state index contributed by atoms with van der Waals surface area (Å²) < 4.78 is 17.5. The monoisotopic (exact) mass is 316 g/mol. The summed E-state index contributed by atoms with van der Waals surface area (Å²) in [6.07, 6.45) is 4.89. The molecular weight excluding hydrogens is 296 g/mol. The molecule has 1 aromatic heterocycles. The molecule has 0 amide bonds. The molecule has 0 aliphatic rings. The molecule has 0 aliphatic carbocycles. The van der Waals surface area contributed by atoms with Gasteiger partial charge in [-0.05, 0) is 25.1 Å². The first-order valence-electron chi connectivity index (χ1n) is 7.02. The number of aromatic nitrogens is 2. The molecule has 0 radical (unpaired) electrons. The van der Waals surface area contributed by atoms with E-state index in [0.717, 1.165) is 5.56 Å². The molecule has 23 heavy (non-hydrogen) atoms. The zero-order valence-corrected chi connectivity index (χ0v) is 13.9. The number of ether oxygens (including phenoxy) is 3. The van der Waals surface area contributed by atoms with E-state index in [0.29, 0.717) is 28.5 Å². The van der Waals surface area contributed by atoms with Crippen LogP contribution in [0.25, 0.3) is 6.08 Å². The SMILES string of the molecule is COc1cc(OC)c(OC)cc1C=CC(=O)c1cn(C)nc1C. The van der Waals surface area contributed by atoms with E-state index in [1.165, 1.54) is 6.08 Å². The van der Waals surface area contributed by atoms with Gasteiger partial charge in [0.05, 0.1) is 32.6 Å². The summed E-state index contributed by atoms with van der Waals surface area (Å²) in [5, 5.41) is 4.17. The summed E-state index contributed by atoms with van der Waals surface area (Å²) in [4.78, 5) is 12.3. The molecule has 0 saturated carbocycles. The normalized spacial score (nSPS) is 10.8. The van der Waals surface area contributed by atoms with Crippen LogP contribution < -0.4 is 14.2 Å². The number of rotatable bonds is 6. The maximum absolute atomic E-state index is 12.3. The van der Waals surface area contributed by atoms with Crippen molar-refractivity contribution in [1.82, 2.24) is 9.78 Å². The molecule has 0 bridgehead atoms. The third kappa shape index (κ3) is 3.53. The Bertz CT molecular complexity index is 747. The lowest BCUT2D eigenvalue weighted by Crippen LogP contribution is -1.96. The topological polar surface area (TPSA) is 62.6 Å². The fourth-order valence-electron chi connectivity index (χ4n) is 2.28. The lowest BCUT2D eigenvalue weighted by atomic mass is 10.1. The van der Waals surface area contributed by atoms with Crippen molar-refractivity contribution in [3.8, 4) is 17.2 Å². The molecule has 1 heterocycles. The number of hydrogen-bond acceptors (Lipinski definition) is 5. The van der Waals surface area contributed by atoms with Gasteiger partial charge in [-0.2, -0.15) is 5.10 Å². The molecule has 0 fully saturated rings. The highest BCUT2D eigenvalue weighted by atomic mass is 16.5. The second-order valence-corrected chi connectivity index (χ2v) is 4.95. The summed E-state index contributed by atoms with van der Waals surface area (Å²) in [5.41, 5.74) is 1.99. The van der Waals surface area contributed by atoms with Crippen LogP contribution in [0.5, 0.6) is 17.2 Å². The molecule has 0 N–H and O–H groups in total. The summed E-state index contributed by atoms with van der Waals surface area (Å²) in [7, 11) is 6.46. The molecule has 6 heteroatoms. The number of benzene rings is 1. The lowest BCUT2D eigenvalue weighted by Gasteiger charge is -2.12. The quantitative estimate of drug-likeness (QED) is 0.605. The fourth-order valence-corrected chi connectivity index (χ4v) is 2.28. The Balaban J connectivity index is 2.34. The minimum atomic E-state index is -0.118. The number of carbonyl (C=O) groups excluding carboxylic acids is 1. The average molecular weight is 316 g/mol. The first-order chi connectivity index (χ1) is 11.0. The van der Waals surface area contributed by atoms with Crippen LogP contribution in [-0.2, 0) is 7.05 Å². The molecule has 0 spiro atoms. The highest BCUT2D eigenvalue weighted by Gasteiger charge is 2.12. The second kappa shape index (κ2) is 7.00. The van der Waals surface area contributed by atoms with Gasteiger partial charge in [-0.3, -0.25) is 9.48 Å². The predicted molar refractivity (Wildman–Crippen MR) is 87.4 cm³/mol. The molecule has 6 nitrogen and oxygen atoms in total. The van der Waals surface area contributed by atoms with Crippen molar-refractivity contribution in [2.75, 3.05) is 21.3 Å². The molecule has 2 rings (SSSR count). The number of carbonyl (C=O) groups is 1. The van der Waals surface area contributed by atoms with E-state index in [-0.39, 0.29) is 5.78 Å². The van der Waals surface area contributed by atoms with Crippen LogP contribution in [0, 0.1) is 6.92 Å². The molecule has 1 aromatic carbocycles. The Kier molecular flexibility index (Phi) is 5.05. The number of methoxy groups -OCH3 is 3. The summed E-state index contributed by atoms with van der Waals surface area (Å²) in [6, 6.07) is 3.48. The van der Waals surface area contributed by atoms with Crippen LogP contribution in [0.15, 0.2) is 24.4 Å². The summed E-state index contributed by atoms with van der Waals surface area (Å²) >= 11 is 0. The highest BCUT2D eigenvalue weighted by Crippen LogP contribution is 2.35. The maximum atomic E-state index is 12.3. The van der Waals surface area contributed by atoms with Gasteiger partial charge in [0.1, 0.15) is 5.75 Å². The van der Waals surface area contributed by atoms with Gasteiger partial charge >= 0.3 is 0 Å². The van der Waals surface area contributed by atoms with Crippen molar-refractivity contribution < 1.29 is 19.0 Å². The van der Waals surface area contributed by atoms with Crippen LogP contribution in [0.3, 0.4) is 0 Å². The summed E-state index contributed by atoms with van der Waals surface area (Å²) in [5.74, 6) is 1.61. The first kappa shape index (κ1) is 16.6. The second-order valence-electron chi connectivity index (χ2n) is 4.95. The molecule has 122 valence electrons. The number of nitrogens with zero attached hydrogens (tertiary/aromatic N) is 2. The Labute approximate surface area is 135 Å². The van der Waals surface area contributed by atoms with Gasteiger partial charge in [-0.1, -0.05) is 0 Å². The molecule has 0 saturated heterocycles. The Morgan fingerprint density at radius 3 is 2.22 bits per heavy atom. The van der Waals surface area contributed by atoms with Gasteiger partial charge in [0.2, 0.25) is 0 Å². The highest BCUT2D eigenvalue weighted by molar-refractivity contribution is 6.07. The van der Waals surface area contributed by atoms with E-state index >= 15 is 0 Å². The van der Waals surface area contributed by atoms with Crippen LogP contribution in [0.2, 0.25) is 0 Å². The van der Waals surface area contributed by atoms with Gasteiger partial charge in [-0.25, -0.2) is 0 Å². The smallest absolute Gasteiger partial charge is 0.189 e. The number of ketones is 1. The molecule has 0 aliphatic heterocycles. The van der Waals surface area contributed by atoms with Crippen molar-refractivity contribution >= 4 is 11.9 Å². The van der Waals surface area contributed by atoms with Gasteiger partial charge in [0.25, 0.3) is 0 Å². The van der Waals surface area contributed by atoms with Crippen LogP contribution in [0.4, 0.5) is 0 Å². The molecule has 0 atom stereocenters. The van der Waals surface area contributed by atoms with Crippen molar-refractivity contribution in [3.63, 3.8) is 0 Å². The fraction of sp³-hybridized carbons (Fsp3) is 0.294. The standard InChI is InChI=1S/C17H20N2O4/c1-11-13(10-19(2)18-11)14(20)7-6-12-8-16(22-4)17(23-5)9-15(12)21-3/h6-10H,1-5H3. The minimum Gasteiger partial charge on any atom is -0.496 e. The zero-order chi connectivity index (χ0) is 17.0. The maximum Gasteiger partial charge on any atom is 0.189 e. The molecule has 0 unspecified atom stereocenters. The van der Waals surface area contributed by atoms with Crippen LogP contribution in [0.1, 0.15) is 21.6 Å². The van der Waals surface area contributed by atoms with E-state index in [4.69, 9.17) is 14.2 Å². The predicted octanol–water partition coefficient (Wildman–Crippen LogP) is 2.65. The average Bonchev–Trinajstić information content (AvgIpc) is 2.90. The van der Waals surface area contributed by atoms with Gasteiger partial charge in [0.15, 0.2) is 17.3 Å². The van der Waals surface area contributed by atoms with E-state index in [1.54, 1.807) is 64.4 Å².